The Balaban J connectivity index is 1.20. The van der Waals surface area contributed by atoms with Crippen LogP contribution in [0.5, 0.6) is 5.75 Å². The minimum absolute atomic E-state index is 0.0854. The minimum atomic E-state index is -0.627. The molecule has 1 aromatic rings. The lowest BCUT2D eigenvalue weighted by Crippen LogP contribution is -2.55. The quantitative estimate of drug-likeness (QED) is 0.252. The summed E-state index contributed by atoms with van der Waals surface area (Å²) in [6.45, 7) is 17.9. The topological polar surface area (TPSA) is 87.7 Å². The first kappa shape index (κ1) is 34.1. The SMILES string of the molecule is CC(C)CCC[C@@H](C)[C@H]1CC[C@H]2[C@@H]3CC[C@H]4C[C@@H](NC(=O)c5cc(NC(=O)OC(C)(C)C)ccc5O)CC[C@]4(C)[C@H]3CC[C@]12C. The van der Waals surface area contributed by atoms with Crippen LogP contribution in [0.25, 0.3) is 0 Å². The lowest BCUT2D eigenvalue weighted by atomic mass is 9.44. The highest BCUT2D eigenvalue weighted by atomic mass is 16.6. The van der Waals surface area contributed by atoms with Crippen LogP contribution < -0.4 is 10.6 Å². The van der Waals surface area contributed by atoms with Crippen molar-refractivity contribution in [3.05, 3.63) is 23.8 Å². The molecule has 0 spiro atoms. The maximum absolute atomic E-state index is 13.4. The second kappa shape index (κ2) is 13.1. The molecule has 1 aromatic carbocycles. The van der Waals surface area contributed by atoms with Crippen molar-refractivity contribution in [1.82, 2.24) is 5.32 Å². The smallest absolute Gasteiger partial charge is 0.412 e. The number of carbonyl (C=O) groups is 2. The van der Waals surface area contributed by atoms with Gasteiger partial charge in [-0.05, 0) is 149 Å². The van der Waals surface area contributed by atoms with Crippen molar-refractivity contribution in [1.29, 1.82) is 0 Å². The number of ether oxygens (including phenoxy) is 1. The van der Waals surface area contributed by atoms with Gasteiger partial charge in [0.25, 0.3) is 5.91 Å². The molecular weight excluding hydrogens is 560 g/mol. The van der Waals surface area contributed by atoms with Crippen molar-refractivity contribution < 1.29 is 19.4 Å². The van der Waals surface area contributed by atoms with Crippen molar-refractivity contribution >= 4 is 17.7 Å². The Kier molecular flexibility index (Phi) is 9.93. The van der Waals surface area contributed by atoms with Gasteiger partial charge in [0, 0.05) is 11.7 Å². The number of rotatable bonds is 8. The molecule has 0 bridgehead atoms. The van der Waals surface area contributed by atoms with E-state index in [1.54, 1.807) is 26.8 Å². The van der Waals surface area contributed by atoms with Crippen molar-refractivity contribution in [2.75, 3.05) is 5.32 Å². The number of hydrogen-bond donors (Lipinski definition) is 3. The molecule has 0 saturated heterocycles. The van der Waals surface area contributed by atoms with E-state index in [4.69, 9.17) is 4.74 Å². The number of aromatic hydroxyl groups is 1. The summed E-state index contributed by atoms with van der Waals surface area (Å²) in [5.41, 5.74) is 0.845. The van der Waals surface area contributed by atoms with E-state index < -0.39 is 11.7 Å². The average Bonchev–Trinajstić information content (AvgIpc) is 3.30. The van der Waals surface area contributed by atoms with E-state index in [0.29, 0.717) is 22.4 Å². The number of benzene rings is 1. The lowest BCUT2D eigenvalue weighted by molar-refractivity contribution is -0.117. The summed E-state index contributed by atoms with van der Waals surface area (Å²) in [6.07, 6.45) is 15.0. The molecule has 4 aliphatic carbocycles. The molecule has 0 aliphatic heterocycles. The highest BCUT2D eigenvalue weighted by Crippen LogP contribution is 2.68. The Hall–Kier alpha value is -2.24. The molecule has 6 heteroatoms. The molecule has 9 atom stereocenters. The third-order valence-electron chi connectivity index (χ3n) is 13.1. The van der Waals surface area contributed by atoms with Crippen molar-refractivity contribution in [3.63, 3.8) is 0 Å². The number of fused-ring (bicyclic) bond motifs is 5. The summed E-state index contributed by atoms with van der Waals surface area (Å²) in [6, 6.07) is 4.67. The molecule has 2 amide bonds. The van der Waals surface area contributed by atoms with Crippen LogP contribution in [-0.4, -0.2) is 28.7 Å². The molecule has 0 aromatic heterocycles. The van der Waals surface area contributed by atoms with Crippen molar-refractivity contribution in [2.45, 2.75) is 144 Å². The van der Waals surface area contributed by atoms with E-state index in [-0.39, 0.29) is 23.3 Å². The predicted octanol–water partition coefficient (Wildman–Crippen LogP) is 9.96. The fourth-order valence-corrected chi connectivity index (χ4v) is 10.9. The first-order valence-corrected chi connectivity index (χ1v) is 18.2. The van der Waals surface area contributed by atoms with Gasteiger partial charge in [-0.1, -0.05) is 53.9 Å². The molecule has 0 radical (unpaired) electrons. The summed E-state index contributed by atoms with van der Waals surface area (Å²) in [7, 11) is 0. The Morgan fingerprint density at radius 2 is 1.67 bits per heavy atom. The fourth-order valence-electron chi connectivity index (χ4n) is 10.9. The Bertz CT molecular complexity index is 1220. The van der Waals surface area contributed by atoms with Gasteiger partial charge in [-0.25, -0.2) is 4.79 Å². The minimum Gasteiger partial charge on any atom is -0.507 e. The number of phenolic OH excluding ortho intramolecular Hbond substituents is 1. The average molecular weight is 623 g/mol. The van der Waals surface area contributed by atoms with Crippen LogP contribution >= 0.6 is 0 Å². The number of amides is 2. The number of nitrogens with one attached hydrogen (secondary N) is 2. The predicted molar refractivity (Wildman–Crippen MR) is 182 cm³/mol. The molecular formula is C39H62N2O4. The monoisotopic (exact) mass is 622 g/mol. The Labute approximate surface area is 273 Å². The van der Waals surface area contributed by atoms with Crippen LogP contribution in [0.1, 0.15) is 143 Å². The molecule has 0 unspecified atom stereocenters. The van der Waals surface area contributed by atoms with Crippen LogP contribution in [0.2, 0.25) is 0 Å². The van der Waals surface area contributed by atoms with E-state index in [0.717, 1.165) is 54.8 Å². The van der Waals surface area contributed by atoms with E-state index in [9.17, 15) is 14.7 Å². The number of anilines is 1. The normalized spacial score (nSPS) is 35.1. The largest absolute Gasteiger partial charge is 0.507 e. The van der Waals surface area contributed by atoms with Gasteiger partial charge in [0.05, 0.1) is 5.56 Å². The number of phenols is 1. The zero-order valence-corrected chi connectivity index (χ0v) is 29.5. The number of hydrogen-bond acceptors (Lipinski definition) is 4. The summed E-state index contributed by atoms with van der Waals surface area (Å²) in [5, 5.41) is 16.5. The first-order valence-electron chi connectivity index (χ1n) is 18.2. The molecule has 6 nitrogen and oxygen atoms in total. The number of carbonyl (C=O) groups excluding carboxylic acids is 2. The van der Waals surface area contributed by atoms with Gasteiger partial charge in [-0.2, -0.15) is 0 Å². The molecule has 4 fully saturated rings. The van der Waals surface area contributed by atoms with Crippen LogP contribution in [0.4, 0.5) is 10.5 Å². The van der Waals surface area contributed by atoms with Crippen LogP contribution in [0, 0.1) is 52.3 Å². The van der Waals surface area contributed by atoms with Gasteiger partial charge >= 0.3 is 6.09 Å². The summed E-state index contributed by atoms with van der Waals surface area (Å²) in [5.74, 6) is 5.35. The van der Waals surface area contributed by atoms with Crippen molar-refractivity contribution in [2.24, 2.45) is 52.3 Å². The van der Waals surface area contributed by atoms with Gasteiger partial charge in [0.2, 0.25) is 0 Å². The van der Waals surface area contributed by atoms with Crippen molar-refractivity contribution in [3.8, 4) is 5.75 Å². The zero-order chi connectivity index (χ0) is 32.7. The van der Waals surface area contributed by atoms with Gasteiger partial charge < -0.3 is 15.2 Å². The summed E-state index contributed by atoms with van der Waals surface area (Å²) >= 11 is 0. The van der Waals surface area contributed by atoms with Gasteiger partial charge in [0.1, 0.15) is 11.4 Å². The Morgan fingerprint density at radius 1 is 0.956 bits per heavy atom. The molecule has 5 rings (SSSR count). The van der Waals surface area contributed by atoms with Gasteiger partial charge in [-0.15, -0.1) is 0 Å². The summed E-state index contributed by atoms with van der Waals surface area (Å²) in [4.78, 5) is 25.7. The third kappa shape index (κ3) is 7.20. The third-order valence-corrected chi connectivity index (χ3v) is 13.1. The Morgan fingerprint density at radius 3 is 2.38 bits per heavy atom. The van der Waals surface area contributed by atoms with E-state index in [1.807, 2.05) is 0 Å². The van der Waals surface area contributed by atoms with Crippen LogP contribution in [-0.2, 0) is 4.74 Å². The van der Waals surface area contributed by atoms with Gasteiger partial charge in [-0.3, -0.25) is 10.1 Å². The zero-order valence-electron chi connectivity index (χ0n) is 29.5. The molecule has 4 aliphatic rings. The second-order valence-corrected chi connectivity index (χ2v) is 17.5. The fraction of sp³-hybridized carbons (Fsp3) is 0.795. The highest BCUT2D eigenvalue weighted by molar-refractivity contribution is 5.99. The van der Waals surface area contributed by atoms with E-state index in [2.05, 4.69) is 45.3 Å². The maximum Gasteiger partial charge on any atom is 0.412 e. The first-order chi connectivity index (χ1) is 21.1. The van der Waals surface area contributed by atoms with E-state index >= 15 is 0 Å². The van der Waals surface area contributed by atoms with Crippen LogP contribution in [0.3, 0.4) is 0 Å². The van der Waals surface area contributed by atoms with E-state index in [1.165, 1.54) is 69.9 Å². The lowest BCUT2D eigenvalue weighted by Gasteiger charge is -2.61. The summed E-state index contributed by atoms with van der Waals surface area (Å²) < 4.78 is 5.34. The molecule has 4 saturated carbocycles. The standard InChI is InChI=1S/C39H62N2O4/c1-24(2)10-9-11-25(3)31-15-16-32-29-14-12-26-22-28(18-20-38(26,7)33(29)19-21-39(31,32)8)40-35(43)30-23-27(13-17-34(30)42)41-36(44)45-37(4,5)6/h13,17,23-26,28-29,31-33,42H,9-12,14-16,18-22H2,1-8H3,(H,40,43)(H,41,44)/t25-,26+,28+,29+,31-,32+,33+,38+,39-/m1/s1. The second-order valence-electron chi connectivity index (χ2n) is 17.5. The molecule has 0 heterocycles. The van der Waals surface area contributed by atoms with Gasteiger partial charge in [0.15, 0.2) is 0 Å². The highest BCUT2D eigenvalue weighted by Gasteiger charge is 2.60. The van der Waals surface area contributed by atoms with Crippen LogP contribution in [0.15, 0.2) is 18.2 Å². The molecule has 45 heavy (non-hydrogen) atoms. The maximum atomic E-state index is 13.4. The molecule has 3 N–H and O–H groups in total. The molecule has 252 valence electrons.